The number of nitrogens with zero attached hydrogens (tertiary/aromatic N) is 2. The van der Waals surface area contributed by atoms with Crippen molar-refractivity contribution in [3.05, 3.63) is 79.5 Å². The molecule has 5 rings (SSSR count). The SMILES string of the molecule is Cc1cc(C)cc(-n2c(O)c(C3=NN[C@H](c4ccc5c(c4)OCO5)C3)c(=O)[nH]c2=O)c1. The Kier molecular flexibility index (Phi) is 4.32. The van der Waals surface area contributed by atoms with Crippen molar-refractivity contribution >= 4 is 5.71 Å². The van der Waals surface area contributed by atoms with Crippen molar-refractivity contribution in [1.82, 2.24) is 15.0 Å². The summed E-state index contributed by atoms with van der Waals surface area (Å²) in [7, 11) is 0. The molecule has 0 unspecified atom stereocenters. The van der Waals surface area contributed by atoms with Crippen molar-refractivity contribution in [2.45, 2.75) is 26.3 Å². The summed E-state index contributed by atoms with van der Waals surface area (Å²) in [5.41, 5.74) is 5.16. The molecule has 0 spiro atoms. The van der Waals surface area contributed by atoms with Crippen LogP contribution >= 0.6 is 0 Å². The van der Waals surface area contributed by atoms with Gasteiger partial charge in [-0.2, -0.15) is 5.10 Å². The molecule has 0 aliphatic carbocycles. The quantitative estimate of drug-likeness (QED) is 0.597. The summed E-state index contributed by atoms with van der Waals surface area (Å²) in [5, 5.41) is 15.2. The number of hydrogen-bond acceptors (Lipinski definition) is 7. The van der Waals surface area contributed by atoms with Gasteiger partial charge in [-0.15, -0.1) is 0 Å². The van der Waals surface area contributed by atoms with E-state index in [9.17, 15) is 14.7 Å². The first-order chi connectivity index (χ1) is 14.9. The molecular weight excluding hydrogens is 400 g/mol. The zero-order valence-electron chi connectivity index (χ0n) is 16.9. The molecule has 0 saturated carbocycles. The molecule has 0 radical (unpaired) electrons. The van der Waals surface area contributed by atoms with E-state index < -0.39 is 17.1 Å². The Morgan fingerprint density at radius 3 is 2.58 bits per heavy atom. The van der Waals surface area contributed by atoms with Crippen LogP contribution in [0.5, 0.6) is 17.4 Å². The predicted molar refractivity (Wildman–Crippen MR) is 113 cm³/mol. The Labute approximate surface area is 176 Å². The highest BCUT2D eigenvalue weighted by molar-refractivity contribution is 6.03. The standard InChI is InChI=1S/C22H20N4O5/c1-11-5-12(2)7-14(6-11)26-21(28)19(20(27)23-22(26)29)16-9-15(24-25-16)13-3-4-17-18(8-13)31-10-30-17/h3-8,15,24,28H,9-10H2,1-2H3,(H,23,27,29)/t15-/m0/s1. The number of aryl methyl sites for hydroxylation is 2. The van der Waals surface area contributed by atoms with Crippen LogP contribution in [0, 0.1) is 13.8 Å². The van der Waals surface area contributed by atoms with Gasteiger partial charge in [0.05, 0.1) is 17.4 Å². The monoisotopic (exact) mass is 420 g/mol. The van der Waals surface area contributed by atoms with Gasteiger partial charge in [-0.05, 0) is 54.8 Å². The second-order valence-electron chi connectivity index (χ2n) is 7.70. The van der Waals surface area contributed by atoms with E-state index in [0.717, 1.165) is 21.3 Å². The second kappa shape index (κ2) is 7.05. The number of hydrazone groups is 1. The maximum absolute atomic E-state index is 12.6. The van der Waals surface area contributed by atoms with Gasteiger partial charge < -0.3 is 20.0 Å². The molecule has 2 aromatic carbocycles. The van der Waals surface area contributed by atoms with Crippen molar-refractivity contribution in [2.75, 3.05) is 6.79 Å². The van der Waals surface area contributed by atoms with E-state index in [4.69, 9.17) is 9.47 Å². The number of H-pyrrole nitrogens is 1. The third-order valence-corrected chi connectivity index (χ3v) is 5.39. The summed E-state index contributed by atoms with van der Waals surface area (Å²) < 4.78 is 11.9. The molecule has 0 saturated heterocycles. The number of benzene rings is 2. The van der Waals surface area contributed by atoms with Crippen LogP contribution in [0.2, 0.25) is 0 Å². The zero-order valence-corrected chi connectivity index (χ0v) is 16.9. The smallest absolute Gasteiger partial charge is 0.335 e. The van der Waals surface area contributed by atoms with Crippen molar-refractivity contribution < 1.29 is 14.6 Å². The molecule has 0 bridgehead atoms. The Bertz CT molecular complexity index is 1330. The minimum Gasteiger partial charge on any atom is -0.493 e. The van der Waals surface area contributed by atoms with Crippen LogP contribution in [0.1, 0.15) is 34.7 Å². The van der Waals surface area contributed by atoms with Gasteiger partial charge >= 0.3 is 5.69 Å². The largest absolute Gasteiger partial charge is 0.493 e. The van der Waals surface area contributed by atoms with Crippen molar-refractivity contribution in [2.24, 2.45) is 5.10 Å². The number of nitrogens with one attached hydrogen (secondary N) is 2. The molecule has 2 aliphatic heterocycles. The molecule has 3 N–H and O–H groups in total. The number of hydrogen-bond donors (Lipinski definition) is 3. The van der Waals surface area contributed by atoms with Crippen LogP contribution in [0.15, 0.2) is 51.1 Å². The van der Waals surface area contributed by atoms with Crippen molar-refractivity contribution in [1.29, 1.82) is 0 Å². The normalized spacial score (nSPS) is 16.8. The third kappa shape index (κ3) is 3.24. The first-order valence-corrected chi connectivity index (χ1v) is 9.79. The topological polar surface area (TPSA) is 118 Å². The fraction of sp³-hybridized carbons (Fsp3) is 0.227. The number of rotatable bonds is 3. The summed E-state index contributed by atoms with van der Waals surface area (Å²) in [6.45, 7) is 3.97. The van der Waals surface area contributed by atoms with E-state index in [-0.39, 0.29) is 18.4 Å². The molecule has 0 amide bonds. The number of fused-ring (bicyclic) bond motifs is 1. The lowest BCUT2D eigenvalue weighted by Gasteiger charge is -2.13. The van der Waals surface area contributed by atoms with Crippen LogP contribution < -0.4 is 26.1 Å². The second-order valence-corrected chi connectivity index (χ2v) is 7.70. The van der Waals surface area contributed by atoms with E-state index in [0.29, 0.717) is 29.3 Å². The van der Waals surface area contributed by atoms with E-state index in [1.54, 1.807) is 12.1 Å². The van der Waals surface area contributed by atoms with Gasteiger partial charge in [0.15, 0.2) is 11.5 Å². The highest BCUT2D eigenvalue weighted by Gasteiger charge is 2.28. The van der Waals surface area contributed by atoms with Gasteiger partial charge in [0.2, 0.25) is 12.7 Å². The van der Waals surface area contributed by atoms with E-state index in [2.05, 4.69) is 15.5 Å². The summed E-state index contributed by atoms with van der Waals surface area (Å²) in [4.78, 5) is 27.4. The maximum atomic E-state index is 12.6. The van der Waals surface area contributed by atoms with Gasteiger partial charge in [0.25, 0.3) is 5.56 Å². The summed E-state index contributed by atoms with van der Waals surface area (Å²) in [5.74, 6) is 0.889. The van der Waals surface area contributed by atoms with Gasteiger partial charge in [-0.1, -0.05) is 12.1 Å². The van der Waals surface area contributed by atoms with Gasteiger partial charge in [-0.3, -0.25) is 9.78 Å². The molecule has 1 atom stereocenters. The average molecular weight is 420 g/mol. The summed E-state index contributed by atoms with van der Waals surface area (Å²) >= 11 is 0. The van der Waals surface area contributed by atoms with E-state index in [1.807, 2.05) is 38.1 Å². The van der Waals surface area contributed by atoms with Gasteiger partial charge in [0.1, 0.15) is 5.56 Å². The average Bonchev–Trinajstić information content (AvgIpc) is 3.35. The Morgan fingerprint density at radius 2 is 1.81 bits per heavy atom. The minimum atomic E-state index is -0.713. The Hall–Kier alpha value is -4.01. The van der Waals surface area contributed by atoms with Gasteiger partial charge in [0, 0.05) is 6.42 Å². The minimum absolute atomic E-state index is 0.0329. The molecule has 1 aromatic heterocycles. The number of ether oxygens (including phenoxy) is 2. The van der Waals surface area contributed by atoms with Crippen LogP contribution in [-0.4, -0.2) is 27.2 Å². The summed E-state index contributed by atoms with van der Waals surface area (Å²) in [6, 6.07) is 10.8. The Balaban J connectivity index is 1.52. The van der Waals surface area contributed by atoms with Crippen LogP contribution in [0.4, 0.5) is 0 Å². The highest BCUT2D eigenvalue weighted by atomic mass is 16.7. The van der Waals surface area contributed by atoms with Crippen molar-refractivity contribution in [3.63, 3.8) is 0 Å². The first-order valence-electron chi connectivity index (χ1n) is 9.79. The molecule has 3 aromatic rings. The Morgan fingerprint density at radius 1 is 1.06 bits per heavy atom. The molecule has 0 fully saturated rings. The van der Waals surface area contributed by atoms with Crippen LogP contribution in [0.3, 0.4) is 0 Å². The zero-order chi connectivity index (χ0) is 21.7. The summed E-state index contributed by atoms with van der Waals surface area (Å²) in [6.07, 6.45) is 0.349. The molecule has 2 aliphatic rings. The molecule has 9 heteroatoms. The lowest BCUT2D eigenvalue weighted by molar-refractivity contribution is 0.174. The first kappa shape index (κ1) is 19.0. The molecule has 9 nitrogen and oxygen atoms in total. The maximum Gasteiger partial charge on any atom is 0.335 e. The highest BCUT2D eigenvalue weighted by Crippen LogP contribution is 2.36. The lowest BCUT2D eigenvalue weighted by Crippen LogP contribution is -2.33. The van der Waals surface area contributed by atoms with E-state index >= 15 is 0 Å². The van der Waals surface area contributed by atoms with E-state index in [1.165, 1.54) is 0 Å². The molecule has 31 heavy (non-hydrogen) atoms. The van der Waals surface area contributed by atoms with Crippen LogP contribution in [0.25, 0.3) is 5.69 Å². The number of aromatic nitrogens is 2. The predicted octanol–water partition coefficient (Wildman–Crippen LogP) is 2.02. The molecule has 3 heterocycles. The van der Waals surface area contributed by atoms with Gasteiger partial charge in [-0.25, -0.2) is 9.36 Å². The fourth-order valence-electron chi connectivity index (χ4n) is 4.03. The fourth-order valence-corrected chi connectivity index (χ4v) is 4.03. The molecular formula is C22H20N4O5. The number of aromatic hydroxyl groups is 1. The van der Waals surface area contributed by atoms with Crippen LogP contribution in [-0.2, 0) is 0 Å². The third-order valence-electron chi connectivity index (χ3n) is 5.39. The molecule has 158 valence electrons. The number of aromatic amines is 1. The van der Waals surface area contributed by atoms with Crippen molar-refractivity contribution in [3.8, 4) is 23.1 Å². The lowest BCUT2D eigenvalue weighted by atomic mass is 9.99.